The fraction of sp³-hybridized carbons (Fsp3) is 0.778. The third-order valence-electron chi connectivity index (χ3n) is 7.55. The maximum absolute atomic E-state index is 2.52. The zero-order valence-electron chi connectivity index (χ0n) is 19.9. The molecule has 1 aliphatic rings. The molecule has 0 bridgehead atoms. The highest BCUT2D eigenvalue weighted by atomic mass is 14.4. The molecule has 0 heterocycles. The van der Waals surface area contributed by atoms with Crippen molar-refractivity contribution in [1.29, 1.82) is 0 Å². The highest BCUT2D eigenvalue weighted by Gasteiger charge is 2.37. The molecule has 0 nitrogen and oxygen atoms in total. The molecule has 1 fully saturated rings. The standard InChI is InChI=1S/C29H48.7CH4/c1-5-6-7-8-15-20-28-25(3)23-26(4)29(28)22-21-24(2)16-11-9-12-17-27-18-13-10-14-19-27;;;;;;;/h8,10,13-15,18-19,24-26,28-29H,5-7,9,11-12,16-17,20-23H2,1-4H3;7*1H4/b15-8-;;;;;;;/t24-,25-,26+,28-,29-;;;;;;;/m0......./s1. The van der Waals surface area contributed by atoms with Crippen molar-refractivity contribution in [3.05, 3.63) is 48.0 Å². The second kappa shape index (κ2) is 28.5. The van der Waals surface area contributed by atoms with Gasteiger partial charge in [-0.2, -0.15) is 0 Å². The first-order valence-corrected chi connectivity index (χ1v) is 12.8. The molecule has 220 valence electrons. The van der Waals surface area contributed by atoms with Crippen LogP contribution in [-0.2, 0) is 6.42 Å². The lowest BCUT2D eigenvalue weighted by Gasteiger charge is -2.25. The summed E-state index contributed by atoms with van der Waals surface area (Å²) in [6, 6.07) is 11.0. The van der Waals surface area contributed by atoms with Crippen molar-refractivity contribution in [2.45, 2.75) is 157 Å². The minimum Gasteiger partial charge on any atom is -0.0885 e. The number of hydrogen-bond acceptors (Lipinski definition) is 0. The van der Waals surface area contributed by atoms with Gasteiger partial charge in [-0.15, -0.1) is 0 Å². The molecule has 1 aromatic carbocycles. The van der Waals surface area contributed by atoms with E-state index in [0.29, 0.717) is 0 Å². The molecule has 1 aliphatic carbocycles. The Morgan fingerprint density at radius 2 is 1.36 bits per heavy atom. The van der Waals surface area contributed by atoms with Crippen LogP contribution in [0, 0.1) is 29.6 Å². The van der Waals surface area contributed by atoms with E-state index in [1.165, 1.54) is 82.6 Å². The van der Waals surface area contributed by atoms with Gasteiger partial charge in [0.1, 0.15) is 0 Å². The van der Waals surface area contributed by atoms with Crippen molar-refractivity contribution < 1.29 is 0 Å². The topological polar surface area (TPSA) is 0 Å². The van der Waals surface area contributed by atoms with E-state index < -0.39 is 0 Å². The van der Waals surface area contributed by atoms with Gasteiger partial charge in [-0.05, 0) is 73.7 Å². The van der Waals surface area contributed by atoms with Gasteiger partial charge in [-0.1, -0.05) is 161 Å². The number of allylic oxidation sites excluding steroid dienone is 2. The van der Waals surface area contributed by atoms with Crippen LogP contribution in [0.15, 0.2) is 42.5 Å². The normalized spacial score (nSPS) is 20.7. The molecule has 0 spiro atoms. The summed E-state index contributed by atoms with van der Waals surface area (Å²) < 4.78 is 0. The van der Waals surface area contributed by atoms with E-state index in [4.69, 9.17) is 0 Å². The second-order valence-electron chi connectivity index (χ2n) is 10.1. The first kappa shape index (κ1) is 48.1. The Bertz CT molecular complexity index is 542. The first-order chi connectivity index (χ1) is 14.1. The maximum Gasteiger partial charge on any atom is -0.0279 e. The lowest BCUT2D eigenvalue weighted by Crippen LogP contribution is -2.16. The van der Waals surface area contributed by atoms with Crippen molar-refractivity contribution in [2.24, 2.45) is 29.6 Å². The van der Waals surface area contributed by atoms with Gasteiger partial charge in [-0.3, -0.25) is 0 Å². The molecule has 0 aromatic heterocycles. The number of rotatable bonds is 14. The summed E-state index contributed by atoms with van der Waals surface area (Å²) in [5.74, 6) is 4.63. The SMILES string of the molecule is C.C.C.C.C.C.C.CCCC/C=C\C[C@@H]1[C@@H](CC[C@@H](C)CCCCCc2ccccc2)[C@H](C)C[C@@H]1C. The lowest BCUT2D eigenvalue weighted by atomic mass is 9.80. The molecule has 0 heteroatoms. The first-order valence-electron chi connectivity index (χ1n) is 12.8. The molecular formula is C36H76. The van der Waals surface area contributed by atoms with Crippen molar-refractivity contribution in [3.8, 4) is 0 Å². The Morgan fingerprint density at radius 3 is 1.97 bits per heavy atom. The van der Waals surface area contributed by atoms with Crippen molar-refractivity contribution in [2.75, 3.05) is 0 Å². The van der Waals surface area contributed by atoms with Gasteiger partial charge in [0.15, 0.2) is 0 Å². The molecule has 36 heavy (non-hydrogen) atoms. The van der Waals surface area contributed by atoms with E-state index in [1.54, 1.807) is 0 Å². The summed E-state index contributed by atoms with van der Waals surface area (Å²) in [5, 5.41) is 0. The van der Waals surface area contributed by atoms with Gasteiger partial charge in [-0.25, -0.2) is 0 Å². The zero-order chi connectivity index (χ0) is 20.9. The van der Waals surface area contributed by atoms with Crippen LogP contribution in [-0.4, -0.2) is 0 Å². The van der Waals surface area contributed by atoms with Crippen molar-refractivity contribution in [3.63, 3.8) is 0 Å². The molecule has 0 saturated heterocycles. The van der Waals surface area contributed by atoms with Crippen LogP contribution in [0.25, 0.3) is 0 Å². The summed E-state index contributed by atoms with van der Waals surface area (Å²) in [7, 11) is 0. The molecule has 0 amide bonds. The Labute approximate surface area is 234 Å². The maximum atomic E-state index is 2.52. The smallest absolute Gasteiger partial charge is 0.0279 e. The van der Waals surface area contributed by atoms with Gasteiger partial charge in [0.2, 0.25) is 0 Å². The Morgan fingerprint density at radius 1 is 0.750 bits per heavy atom. The minimum absolute atomic E-state index is 0. The van der Waals surface area contributed by atoms with Crippen molar-refractivity contribution >= 4 is 0 Å². The molecule has 2 rings (SSSR count). The summed E-state index contributed by atoms with van der Waals surface area (Å²) in [4.78, 5) is 0. The largest absolute Gasteiger partial charge is 0.0885 e. The van der Waals surface area contributed by atoms with E-state index in [0.717, 1.165) is 29.6 Å². The highest BCUT2D eigenvalue weighted by Crippen LogP contribution is 2.46. The predicted molar refractivity (Wildman–Crippen MR) is 177 cm³/mol. The third-order valence-corrected chi connectivity index (χ3v) is 7.55. The van der Waals surface area contributed by atoms with E-state index in [-0.39, 0.29) is 52.0 Å². The number of unbranched alkanes of at least 4 members (excludes halogenated alkanes) is 4. The van der Waals surface area contributed by atoms with Crippen LogP contribution in [0.5, 0.6) is 0 Å². The van der Waals surface area contributed by atoms with Crippen LogP contribution >= 0.6 is 0 Å². The molecule has 5 atom stereocenters. The molecule has 0 radical (unpaired) electrons. The molecule has 0 N–H and O–H groups in total. The summed E-state index contributed by atoms with van der Waals surface area (Å²) >= 11 is 0. The fourth-order valence-electron chi connectivity index (χ4n) is 5.64. The van der Waals surface area contributed by atoms with Crippen molar-refractivity contribution in [1.82, 2.24) is 0 Å². The summed E-state index contributed by atoms with van der Waals surface area (Å²) in [5.41, 5.74) is 1.50. The minimum atomic E-state index is 0. The molecule has 1 aromatic rings. The van der Waals surface area contributed by atoms with E-state index >= 15 is 0 Å². The van der Waals surface area contributed by atoms with Crippen LogP contribution in [0.1, 0.15) is 156 Å². The monoisotopic (exact) mass is 509 g/mol. The quantitative estimate of drug-likeness (QED) is 0.173. The zero-order valence-corrected chi connectivity index (χ0v) is 19.9. The molecule has 1 saturated carbocycles. The fourth-order valence-corrected chi connectivity index (χ4v) is 5.64. The van der Waals surface area contributed by atoms with Crippen LogP contribution < -0.4 is 0 Å². The lowest BCUT2D eigenvalue weighted by molar-refractivity contribution is 0.259. The van der Waals surface area contributed by atoms with E-state index in [2.05, 4.69) is 70.2 Å². The van der Waals surface area contributed by atoms with Crippen LogP contribution in [0.3, 0.4) is 0 Å². The number of benzene rings is 1. The summed E-state index contributed by atoms with van der Waals surface area (Å²) in [6.07, 6.45) is 21.4. The average molecular weight is 509 g/mol. The van der Waals surface area contributed by atoms with E-state index in [9.17, 15) is 0 Å². The van der Waals surface area contributed by atoms with Gasteiger partial charge in [0, 0.05) is 0 Å². The van der Waals surface area contributed by atoms with Gasteiger partial charge in [0.05, 0.1) is 0 Å². The Hall–Kier alpha value is -1.04. The molecule has 0 aliphatic heterocycles. The van der Waals surface area contributed by atoms with Gasteiger partial charge < -0.3 is 0 Å². The predicted octanol–water partition coefficient (Wildman–Crippen LogP) is 13.7. The molecule has 0 unspecified atom stereocenters. The molecular weight excluding hydrogens is 432 g/mol. The van der Waals surface area contributed by atoms with E-state index in [1.807, 2.05) is 0 Å². The number of aryl methyl sites for hydroxylation is 1. The Balaban J connectivity index is -0.000000321. The Kier molecular flexibility index (Phi) is 38.1. The highest BCUT2D eigenvalue weighted by molar-refractivity contribution is 5.14. The number of hydrogen-bond donors (Lipinski definition) is 0. The average Bonchev–Trinajstić information content (AvgIpc) is 2.99. The summed E-state index contributed by atoms with van der Waals surface area (Å²) in [6.45, 7) is 9.82. The van der Waals surface area contributed by atoms with Crippen LogP contribution in [0.2, 0.25) is 0 Å². The van der Waals surface area contributed by atoms with Gasteiger partial charge in [0.25, 0.3) is 0 Å². The van der Waals surface area contributed by atoms with Crippen LogP contribution in [0.4, 0.5) is 0 Å². The third kappa shape index (κ3) is 18.2. The van der Waals surface area contributed by atoms with Gasteiger partial charge >= 0.3 is 0 Å². The second-order valence-corrected chi connectivity index (χ2v) is 10.1.